The summed E-state index contributed by atoms with van der Waals surface area (Å²) in [5.41, 5.74) is 1.52. The van der Waals surface area contributed by atoms with Gasteiger partial charge in [0, 0.05) is 28.7 Å². The van der Waals surface area contributed by atoms with Gasteiger partial charge in [0.15, 0.2) is 0 Å². The van der Waals surface area contributed by atoms with Crippen molar-refractivity contribution in [3.8, 4) is 0 Å². The third-order valence-electron chi connectivity index (χ3n) is 4.27. The van der Waals surface area contributed by atoms with E-state index in [4.69, 9.17) is 0 Å². The maximum Gasteiger partial charge on any atom is 0.223 e. The van der Waals surface area contributed by atoms with E-state index in [9.17, 15) is 9.90 Å². The predicted molar refractivity (Wildman–Crippen MR) is 81.5 cm³/mol. The van der Waals surface area contributed by atoms with E-state index < -0.39 is 11.6 Å². The number of nitrogens with one attached hydrogen (secondary N) is 1. The van der Waals surface area contributed by atoms with Crippen LogP contribution in [-0.4, -0.2) is 34.1 Å². The lowest BCUT2D eigenvalue weighted by Crippen LogP contribution is -2.55. The predicted octanol–water partition coefficient (Wildman–Crippen LogP) is 2.68. The van der Waals surface area contributed by atoms with Crippen LogP contribution in [0, 0.1) is 0 Å². The van der Waals surface area contributed by atoms with Gasteiger partial charge in [-0.15, -0.1) is 0 Å². The van der Waals surface area contributed by atoms with Crippen LogP contribution in [0.3, 0.4) is 0 Å². The van der Waals surface area contributed by atoms with Crippen molar-refractivity contribution in [1.82, 2.24) is 4.90 Å². The normalized spacial score (nSPS) is 28.2. The lowest BCUT2D eigenvalue weighted by Gasteiger charge is -2.46. The molecule has 108 valence electrons. The Morgan fingerprint density at radius 3 is 2.85 bits per heavy atom. The molecule has 0 unspecified atom stereocenters. The van der Waals surface area contributed by atoms with E-state index in [2.05, 4.69) is 21.2 Å². The zero-order valence-corrected chi connectivity index (χ0v) is 13.3. The number of benzene rings is 1. The average molecular weight is 339 g/mol. The largest absolute Gasteiger partial charge is 0.388 e. The van der Waals surface area contributed by atoms with Crippen LogP contribution in [0.5, 0.6) is 0 Å². The minimum absolute atomic E-state index is 0.137. The van der Waals surface area contributed by atoms with Crippen LogP contribution in [0.25, 0.3) is 0 Å². The number of fused-ring (bicyclic) bond motifs is 1. The number of aliphatic hydroxyl groups is 1. The van der Waals surface area contributed by atoms with Crippen molar-refractivity contribution in [3.63, 3.8) is 0 Å². The standard InChI is InChI=1S/C15H19BrN2O2/c1-15(2)14(20)13(18-7-3-4-12(18)19)10-8-9(16)5-6-11(10)17-15/h5-6,8,13-14,17,20H,3-4,7H2,1-2H3/t13-,14-/m1/s1. The van der Waals surface area contributed by atoms with Gasteiger partial charge in [-0.3, -0.25) is 4.79 Å². The summed E-state index contributed by atoms with van der Waals surface area (Å²) in [5.74, 6) is 0.137. The Balaban J connectivity index is 2.10. The van der Waals surface area contributed by atoms with E-state index in [-0.39, 0.29) is 11.9 Å². The van der Waals surface area contributed by atoms with E-state index >= 15 is 0 Å². The van der Waals surface area contributed by atoms with Gasteiger partial charge in [-0.2, -0.15) is 0 Å². The highest BCUT2D eigenvalue weighted by Crippen LogP contribution is 2.43. The van der Waals surface area contributed by atoms with Gasteiger partial charge in [0.1, 0.15) is 6.10 Å². The molecule has 1 fully saturated rings. The second-order valence-electron chi connectivity index (χ2n) is 6.16. The molecule has 2 atom stereocenters. The molecule has 2 N–H and O–H groups in total. The van der Waals surface area contributed by atoms with Crippen molar-refractivity contribution in [3.05, 3.63) is 28.2 Å². The van der Waals surface area contributed by atoms with Crippen LogP contribution in [-0.2, 0) is 4.79 Å². The van der Waals surface area contributed by atoms with Crippen molar-refractivity contribution in [2.45, 2.75) is 44.4 Å². The van der Waals surface area contributed by atoms with Crippen molar-refractivity contribution >= 4 is 27.5 Å². The Morgan fingerprint density at radius 1 is 1.45 bits per heavy atom. The molecule has 2 aliphatic heterocycles. The summed E-state index contributed by atoms with van der Waals surface area (Å²) in [6.45, 7) is 4.66. The first-order valence-corrected chi connectivity index (χ1v) is 7.74. The molecule has 3 rings (SSSR count). The van der Waals surface area contributed by atoms with Crippen LogP contribution in [0.2, 0.25) is 0 Å². The van der Waals surface area contributed by atoms with E-state index in [1.165, 1.54) is 0 Å². The Bertz CT molecular complexity index is 559. The lowest BCUT2D eigenvalue weighted by atomic mass is 9.82. The number of carbonyl (C=O) groups excluding carboxylic acids is 1. The maximum atomic E-state index is 12.1. The number of hydrogen-bond acceptors (Lipinski definition) is 3. The smallest absolute Gasteiger partial charge is 0.223 e. The molecule has 1 aromatic carbocycles. The molecular formula is C15H19BrN2O2. The number of carbonyl (C=O) groups is 1. The quantitative estimate of drug-likeness (QED) is 0.827. The molecule has 2 heterocycles. The number of nitrogens with zero attached hydrogens (tertiary/aromatic N) is 1. The van der Waals surface area contributed by atoms with Crippen LogP contribution in [0.4, 0.5) is 5.69 Å². The summed E-state index contributed by atoms with van der Waals surface area (Å²) in [6, 6.07) is 5.70. The molecule has 4 nitrogen and oxygen atoms in total. The second-order valence-corrected chi connectivity index (χ2v) is 7.07. The van der Waals surface area contributed by atoms with E-state index in [0.717, 1.165) is 28.7 Å². The molecule has 1 aromatic rings. The Labute approximate surface area is 127 Å². The number of amides is 1. The molecule has 0 bridgehead atoms. The topological polar surface area (TPSA) is 52.6 Å². The van der Waals surface area contributed by atoms with Gasteiger partial charge >= 0.3 is 0 Å². The fourth-order valence-corrected chi connectivity index (χ4v) is 3.56. The highest BCUT2D eigenvalue weighted by atomic mass is 79.9. The minimum Gasteiger partial charge on any atom is -0.388 e. The average Bonchev–Trinajstić information content (AvgIpc) is 2.78. The summed E-state index contributed by atoms with van der Waals surface area (Å²) in [6.07, 6.45) is 0.825. The van der Waals surface area contributed by atoms with Gasteiger partial charge in [0.05, 0.1) is 11.6 Å². The lowest BCUT2D eigenvalue weighted by molar-refractivity contribution is -0.133. The molecule has 0 radical (unpaired) electrons. The Kier molecular flexibility index (Phi) is 3.29. The molecule has 2 aliphatic rings. The van der Waals surface area contributed by atoms with Crippen molar-refractivity contribution in [1.29, 1.82) is 0 Å². The summed E-state index contributed by atoms with van der Waals surface area (Å²) in [4.78, 5) is 13.9. The summed E-state index contributed by atoms with van der Waals surface area (Å²) in [7, 11) is 0. The molecule has 0 spiro atoms. The van der Waals surface area contributed by atoms with Gasteiger partial charge in [0.2, 0.25) is 5.91 Å². The summed E-state index contributed by atoms with van der Waals surface area (Å²) >= 11 is 3.48. The van der Waals surface area contributed by atoms with Gasteiger partial charge in [-0.05, 0) is 38.5 Å². The van der Waals surface area contributed by atoms with E-state index in [1.54, 1.807) is 0 Å². The van der Waals surface area contributed by atoms with Crippen molar-refractivity contribution in [2.24, 2.45) is 0 Å². The highest BCUT2D eigenvalue weighted by molar-refractivity contribution is 9.10. The number of anilines is 1. The number of aliphatic hydroxyl groups excluding tert-OH is 1. The first-order chi connectivity index (χ1) is 9.40. The molecule has 20 heavy (non-hydrogen) atoms. The van der Waals surface area contributed by atoms with Crippen molar-refractivity contribution < 1.29 is 9.90 Å². The Hall–Kier alpha value is -1.07. The molecule has 1 saturated heterocycles. The zero-order valence-electron chi connectivity index (χ0n) is 11.7. The van der Waals surface area contributed by atoms with Crippen LogP contribution in [0.15, 0.2) is 22.7 Å². The van der Waals surface area contributed by atoms with Crippen LogP contribution < -0.4 is 5.32 Å². The van der Waals surface area contributed by atoms with E-state index in [1.807, 2.05) is 36.9 Å². The highest BCUT2D eigenvalue weighted by Gasteiger charge is 2.45. The minimum atomic E-state index is -0.633. The second kappa shape index (κ2) is 4.74. The monoisotopic (exact) mass is 338 g/mol. The summed E-state index contributed by atoms with van der Waals surface area (Å²) < 4.78 is 0.960. The van der Waals surface area contributed by atoms with Gasteiger partial charge in [-0.25, -0.2) is 0 Å². The van der Waals surface area contributed by atoms with Gasteiger partial charge in [-0.1, -0.05) is 15.9 Å². The van der Waals surface area contributed by atoms with Crippen LogP contribution in [0.1, 0.15) is 38.3 Å². The zero-order chi connectivity index (χ0) is 14.5. The van der Waals surface area contributed by atoms with Crippen molar-refractivity contribution in [2.75, 3.05) is 11.9 Å². The molecule has 0 aliphatic carbocycles. The molecule has 1 amide bonds. The fourth-order valence-electron chi connectivity index (χ4n) is 3.18. The van der Waals surface area contributed by atoms with Gasteiger partial charge < -0.3 is 15.3 Å². The molecule has 0 saturated carbocycles. The first-order valence-electron chi connectivity index (χ1n) is 6.95. The number of halogens is 1. The van der Waals surface area contributed by atoms with E-state index in [0.29, 0.717) is 6.42 Å². The van der Waals surface area contributed by atoms with Crippen LogP contribution >= 0.6 is 15.9 Å². The molecule has 5 heteroatoms. The number of hydrogen-bond donors (Lipinski definition) is 2. The summed E-state index contributed by atoms with van der Waals surface area (Å²) in [5, 5.41) is 14.1. The number of rotatable bonds is 1. The Morgan fingerprint density at radius 2 is 2.20 bits per heavy atom. The molecular weight excluding hydrogens is 320 g/mol. The SMILES string of the molecule is CC1(C)Nc2ccc(Br)cc2[C@@H](N2CCCC2=O)[C@H]1O. The third-order valence-corrected chi connectivity index (χ3v) is 4.77. The number of likely N-dealkylation sites (tertiary alicyclic amines) is 1. The maximum absolute atomic E-state index is 12.1. The molecule has 0 aromatic heterocycles. The first kappa shape index (κ1) is 13.9. The third kappa shape index (κ3) is 2.13. The fraction of sp³-hybridized carbons (Fsp3) is 0.533. The van der Waals surface area contributed by atoms with Gasteiger partial charge in [0.25, 0.3) is 0 Å².